The van der Waals surface area contributed by atoms with Crippen molar-refractivity contribution >= 4 is 18.0 Å². The van der Waals surface area contributed by atoms with Gasteiger partial charge in [0.1, 0.15) is 12.6 Å². The van der Waals surface area contributed by atoms with Crippen LogP contribution in [0.1, 0.15) is 11.1 Å². The molecule has 0 bridgehead atoms. The lowest BCUT2D eigenvalue weighted by atomic mass is 10.1. The molecule has 0 fully saturated rings. The van der Waals surface area contributed by atoms with Gasteiger partial charge < -0.3 is 10.6 Å². The van der Waals surface area contributed by atoms with Gasteiger partial charge in [0.2, 0.25) is 12.3 Å². The summed E-state index contributed by atoms with van der Waals surface area (Å²) in [5, 5.41) is 13.7. The van der Waals surface area contributed by atoms with Crippen LogP contribution in [0.5, 0.6) is 0 Å². The average Bonchev–Trinajstić information content (AvgIpc) is 2.57. The summed E-state index contributed by atoms with van der Waals surface area (Å²) in [6, 6.07) is 15.7. The number of carbonyl (C=O) groups excluding carboxylic acids is 2. The van der Waals surface area contributed by atoms with Gasteiger partial charge in [0.05, 0.1) is 0 Å². The van der Waals surface area contributed by atoms with E-state index < -0.39 is 6.04 Å². The number of carbonyl (C=O) groups is 2. The fourth-order valence-electron chi connectivity index (χ4n) is 2.15. The molecular weight excluding hydrogens is 296 g/mol. The molecule has 6 nitrogen and oxygen atoms in total. The van der Waals surface area contributed by atoms with Crippen LogP contribution in [0.25, 0.3) is 0 Å². The number of rotatable bonds is 8. The molecule has 0 aliphatic carbocycles. The van der Waals surface area contributed by atoms with E-state index in [0.717, 1.165) is 11.1 Å². The largest absolute Gasteiger partial charge is 0.347 e. The average molecular weight is 314 g/mol. The van der Waals surface area contributed by atoms with Crippen LogP contribution < -0.4 is 10.6 Å². The van der Waals surface area contributed by atoms with E-state index in [2.05, 4.69) is 15.5 Å². The number of benzene rings is 2. The van der Waals surface area contributed by atoms with E-state index >= 15 is 0 Å². The molecule has 0 radical (unpaired) electrons. The monoisotopic (exact) mass is 314 g/mol. The van der Waals surface area contributed by atoms with Crippen molar-refractivity contribution < 1.29 is 19.7 Å². The first-order valence-electron chi connectivity index (χ1n) is 7.12. The highest BCUT2D eigenvalue weighted by molar-refractivity contribution is 5.96. The van der Waals surface area contributed by atoms with Gasteiger partial charge in [-0.1, -0.05) is 42.5 Å². The Morgan fingerprint density at radius 2 is 1.78 bits per heavy atom. The van der Waals surface area contributed by atoms with E-state index in [-0.39, 0.29) is 12.5 Å². The third kappa shape index (κ3) is 5.21. The zero-order valence-electron chi connectivity index (χ0n) is 12.4. The summed E-state index contributed by atoms with van der Waals surface area (Å²) in [7, 11) is 0. The first-order valence-corrected chi connectivity index (χ1v) is 7.12. The summed E-state index contributed by atoms with van der Waals surface area (Å²) >= 11 is 0. The van der Waals surface area contributed by atoms with Crippen LogP contribution in [0.3, 0.4) is 0 Å². The number of hydrogen-bond donors (Lipinski definition) is 3. The maximum absolute atomic E-state index is 12.3. The maximum atomic E-state index is 12.3. The minimum atomic E-state index is -0.657. The van der Waals surface area contributed by atoms with Gasteiger partial charge in [-0.25, -0.2) is 4.89 Å². The van der Waals surface area contributed by atoms with Crippen LogP contribution in [0.2, 0.25) is 0 Å². The van der Waals surface area contributed by atoms with Crippen LogP contribution in [0.4, 0.5) is 5.69 Å². The van der Waals surface area contributed by atoms with Crippen LogP contribution in [0.15, 0.2) is 54.6 Å². The zero-order chi connectivity index (χ0) is 16.5. The molecule has 2 amide bonds. The predicted molar refractivity (Wildman–Crippen MR) is 85.6 cm³/mol. The lowest BCUT2D eigenvalue weighted by Crippen LogP contribution is -2.41. The Morgan fingerprint density at radius 1 is 1.09 bits per heavy atom. The van der Waals surface area contributed by atoms with Crippen LogP contribution in [-0.4, -0.2) is 23.6 Å². The fourth-order valence-corrected chi connectivity index (χ4v) is 2.15. The molecule has 23 heavy (non-hydrogen) atoms. The Balaban J connectivity index is 2.01. The summed E-state index contributed by atoms with van der Waals surface area (Å²) in [6.07, 6.45) is 0.927. The molecule has 2 aromatic carbocycles. The third-order valence-electron chi connectivity index (χ3n) is 3.32. The first-order chi connectivity index (χ1) is 11.2. The molecule has 2 rings (SSSR count). The van der Waals surface area contributed by atoms with Gasteiger partial charge in [-0.15, -0.1) is 0 Å². The Bertz CT molecular complexity index is 629. The van der Waals surface area contributed by atoms with Crippen molar-refractivity contribution in [1.29, 1.82) is 0 Å². The van der Waals surface area contributed by atoms with Crippen LogP contribution in [-0.2, 0) is 27.5 Å². The number of anilines is 1. The molecule has 0 saturated carbocycles. The number of nitrogens with one attached hydrogen (secondary N) is 2. The van der Waals surface area contributed by atoms with Crippen molar-refractivity contribution in [2.45, 2.75) is 19.1 Å². The van der Waals surface area contributed by atoms with Gasteiger partial charge in [-0.3, -0.25) is 14.8 Å². The van der Waals surface area contributed by atoms with Gasteiger partial charge in [0.15, 0.2) is 0 Å². The summed E-state index contributed by atoms with van der Waals surface area (Å²) in [5.74, 6) is -0.299. The summed E-state index contributed by atoms with van der Waals surface area (Å²) < 4.78 is 0. The standard InChI is InChI=1S/C17H18N2O4/c20-12-18-16(10-13-4-2-1-3-5-13)17(21)19-15-8-6-14(7-9-15)11-23-22/h1-9,12,16,22H,10-11H2,(H,18,20)(H,19,21)/t16-/m1/s1. The van der Waals surface area contributed by atoms with Gasteiger partial charge in [0.25, 0.3) is 0 Å². The van der Waals surface area contributed by atoms with E-state index in [1.807, 2.05) is 30.3 Å². The number of hydrogen-bond acceptors (Lipinski definition) is 4. The lowest BCUT2D eigenvalue weighted by Gasteiger charge is -2.16. The maximum Gasteiger partial charge on any atom is 0.247 e. The molecule has 0 saturated heterocycles. The molecule has 120 valence electrons. The first kappa shape index (κ1) is 16.7. The topological polar surface area (TPSA) is 87.7 Å². The van der Waals surface area contributed by atoms with Crippen molar-refractivity contribution in [3.8, 4) is 0 Å². The van der Waals surface area contributed by atoms with E-state index in [1.165, 1.54) is 0 Å². The van der Waals surface area contributed by atoms with Crippen LogP contribution in [0, 0.1) is 0 Å². The minimum Gasteiger partial charge on any atom is -0.347 e. The molecule has 0 heterocycles. The Kier molecular flexibility index (Phi) is 6.28. The van der Waals surface area contributed by atoms with E-state index in [1.54, 1.807) is 24.3 Å². The van der Waals surface area contributed by atoms with Crippen molar-refractivity contribution in [2.24, 2.45) is 0 Å². The second-order valence-corrected chi connectivity index (χ2v) is 4.99. The summed E-state index contributed by atoms with van der Waals surface area (Å²) in [5.41, 5.74) is 2.33. The smallest absolute Gasteiger partial charge is 0.247 e. The summed E-state index contributed by atoms with van der Waals surface area (Å²) in [4.78, 5) is 27.1. The zero-order valence-corrected chi connectivity index (χ0v) is 12.4. The predicted octanol–water partition coefficient (Wildman–Crippen LogP) is 1.97. The SMILES string of the molecule is O=CN[C@H](Cc1ccccc1)C(=O)Nc1ccc(COO)cc1. The molecule has 0 aliphatic rings. The molecule has 0 aromatic heterocycles. The fraction of sp³-hybridized carbons (Fsp3) is 0.176. The molecule has 0 unspecified atom stereocenters. The molecule has 0 aliphatic heterocycles. The lowest BCUT2D eigenvalue weighted by molar-refractivity contribution is -0.253. The van der Waals surface area contributed by atoms with Crippen molar-refractivity contribution in [3.63, 3.8) is 0 Å². The van der Waals surface area contributed by atoms with E-state index in [4.69, 9.17) is 5.26 Å². The highest BCUT2D eigenvalue weighted by Crippen LogP contribution is 2.11. The quantitative estimate of drug-likeness (QED) is 0.395. The second kappa shape index (κ2) is 8.67. The Hall–Kier alpha value is -2.70. The molecule has 1 atom stereocenters. The molecule has 6 heteroatoms. The summed E-state index contributed by atoms with van der Waals surface area (Å²) in [6.45, 7) is 0.0809. The second-order valence-electron chi connectivity index (χ2n) is 4.99. The van der Waals surface area contributed by atoms with Gasteiger partial charge in [-0.05, 0) is 23.3 Å². The Morgan fingerprint density at radius 3 is 2.39 bits per heavy atom. The highest BCUT2D eigenvalue weighted by Gasteiger charge is 2.18. The minimum absolute atomic E-state index is 0.0809. The van der Waals surface area contributed by atoms with Crippen molar-refractivity contribution in [3.05, 3.63) is 65.7 Å². The normalized spacial score (nSPS) is 11.5. The molecule has 3 N–H and O–H groups in total. The van der Waals surface area contributed by atoms with Gasteiger partial charge >= 0.3 is 0 Å². The third-order valence-corrected chi connectivity index (χ3v) is 3.32. The van der Waals surface area contributed by atoms with Crippen molar-refractivity contribution in [1.82, 2.24) is 5.32 Å². The number of amides is 2. The Labute approximate surface area is 134 Å². The van der Waals surface area contributed by atoms with E-state index in [0.29, 0.717) is 18.5 Å². The highest BCUT2D eigenvalue weighted by atomic mass is 17.1. The van der Waals surface area contributed by atoms with Gasteiger partial charge in [0, 0.05) is 12.1 Å². The molecule has 2 aromatic rings. The molecular formula is C17H18N2O4. The van der Waals surface area contributed by atoms with E-state index in [9.17, 15) is 9.59 Å². The van der Waals surface area contributed by atoms with Crippen molar-refractivity contribution in [2.75, 3.05) is 5.32 Å². The van der Waals surface area contributed by atoms with Crippen LogP contribution >= 0.6 is 0 Å². The molecule has 0 spiro atoms. The van der Waals surface area contributed by atoms with Gasteiger partial charge in [-0.2, -0.15) is 0 Å².